The summed E-state index contributed by atoms with van der Waals surface area (Å²) in [5, 5.41) is 16.6. The average molecular weight is 348 g/mol. The molecule has 1 aliphatic heterocycles. The third kappa shape index (κ3) is 3.96. The molecule has 0 radical (unpaired) electrons. The van der Waals surface area contributed by atoms with E-state index >= 15 is 0 Å². The Hall–Kier alpha value is -2.89. The first kappa shape index (κ1) is 17.0. The predicted octanol–water partition coefficient (Wildman–Crippen LogP) is 2.48. The molecule has 2 aromatic rings. The van der Waals surface area contributed by atoms with E-state index in [4.69, 9.17) is 5.26 Å². The zero-order chi connectivity index (χ0) is 17.9. The molecule has 1 saturated heterocycles. The summed E-state index contributed by atoms with van der Waals surface area (Å²) in [4.78, 5) is 7.92. The Morgan fingerprint density at radius 1 is 0.960 bits per heavy atom. The number of nitriles is 1. The van der Waals surface area contributed by atoms with E-state index < -0.39 is 11.7 Å². The lowest BCUT2D eigenvalue weighted by atomic mass is 10.2. The lowest BCUT2D eigenvalue weighted by molar-refractivity contribution is -0.137. The number of halogens is 3. The van der Waals surface area contributed by atoms with Gasteiger partial charge in [-0.3, -0.25) is 0 Å². The van der Waals surface area contributed by atoms with Crippen molar-refractivity contribution in [3.8, 4) is 6.07 Å². The summed E-state index contributed by atoms with van der Waals surface area (Å²) in [6.07, 6.45) is -2.44. The zero-order valence-electron chi connectivity index (χ0n) is 13.2. The molecule has 6 nitrogen and oxygen atoms in total. The highest BCUT2D eigenvalue weighted by Gasteiger charge is 2.31. The van der Waals surface area contributed by atoms with Crippen LogP contribution in [0, 0.1) is 11.3 Å². The molecule has 0 atom stereocenters. The molecule has 3 rings (SSSR count). The van der Waals surface area contributed by atoms with Crippen LogP contribution in [0.25, 0.3) is 0 Å². The lowest BCUT2D eigenvalue weighted by Crippen LogP contribution is -2.31. The Bertz CT molecular complexity index is 769. The molecule has 130 valence electrons. The Kier molecular flexibility index (Phi) is 4.70. The first-order valence-corrected chi connectivity index (χ1v) is 7.74. The molecule has 0 unspecified atom stereocenters. The Balaban J connectivity index is 1.72. The second-order valence-corrected chi connectivity index (χ2v) is 5.62. The molecule has 3 heterocycles. The molecule has 2 aromatic heterocycles. The molecule has 1 fully saturated rings. The third-order valence-corrected chi connectivity index (χ3v) is 3.98. The van der Waals surface area contributed by atoms with Gasteiger partial charge in [0, 0.05) is 32.4 Å². The lowest BCUT2D eigenvalue weighted by Gasteiger charge is -2.23. The van der Waals surface area contributed by atoms with Crippen LogP contribution in [0.2, 0.25) is 0 Å². The quantitative estimate of drug-likeness (QED) is 0.831. The number of pyridine rings is 1. The van der Waals surface area contributed by atoms with E-state index in [9.17, 15) is 13.2 Å². The van der Waals surface area contributed by atoms with Crippen LogP contribution in [0.3, 0.4) is 0 Å². The molecule has 0 spiro atoms. The van der Waals surface area contributed by atoms with Gasteiger partial charge >= 0.3 is 6.18 Å². The van der Waals surface area contributed by atoms with Crippen LogP contribution in [0.4, 0.5) is 24.8 Å². The maximum absolute atomic E-state index is 12.9. The number of aromatic nitrogens is 3. The van der Waals surface area contributed by atoms with Gasteiger partial charge in [-0.2, -0.15) is 18.4 Å². The van der Waals surface area contributed by atoms with Crippen LogP contribution in [-0.4, -0.2) is 41.4 Å². The molecule has 0 N–H and O–H groups in total. The molecular weight excluding hydrogens is 333 g/mol. The van der Waals surface area contributed by atoms with E-state index in [1.54, 1.807) is 12.1 Å². The van der Waals surface area contributed by atoms with E-state index in [-0.39, 0.29) is 5.69 Å². The molecule has 1 aliphatic rings. The summed E-state index contributed by atoms with van der Waals surface area (Å²) in [5.74, 6) is 0.973. The second kappa shape index (κ2) is 6.93. The van der Waals surface area contributed by atoms with E-state index in [0.717, 1.165) is 18.6 Å². The van der Waals surface area contributed by atoms with E-state index in [1.807, 2.05) is 15.9 Å². The van der Waals surface area contributed by atoms with Crippen molar-refractivity contribution in [3.63, 3.8) is 0 Å². The van der Waals surface area contributed by atoms with Gasteiger partial charge in [0.2, 0.25) is 0 Å². The average Bonchev–Trinajstić information content (AvgIpc) is 2.87. The van der Waals surface area contributed by atoms with E-state index in [2.05, 4.69) is 15.2 Å². The summed E-state index contributed by atoms with van der Waals surface area (Å²) in [7, 11) is 0. The molecular formula is C16H15F3N6. The van der Waals surface area contributed by atoms with Gasteiger partial charge in [0.25, 0.3) is 0 Å². The van der Waals surface area contributed by atoms with Gasteiger partial charge in [-0.1, -0.05) is 0 Å². The first-order chi connectivity index (χ1) is 12.0. The highest BCUT2D eigenvalue weighted by atomic mass is 19.4. The van der Waals surface area contributed by atoms with Crippen LogP contribution in [-0.2, 0) is 6.18 Å². The minimum Gasteiger partial charge on any atom is -0.355 e. The van der Waals surface area contributed by atoms with Gasteiger partial charge in [0.1, 0.15) is 11.9 Å². The molecule has 0 bridgehead atoms. The minimum atomic E-state index is -4.38. The number of alkyl halides is 3. The van der Waals surface area contributed by atoms with Crippen molar-refractivity contribution in [1.29, 1.82) is 5.26 Å². The van der Waals surface area contributed by atoms with Crippen molar-refractivity contribution >= 4 is 11.6 Å². The standard InChI is InChI=1S/C16H15F3N6/c17-16(18,19)12-4-5-21-15(10-12)25-7-1-6-24(8-9-25)14-3-2-13(11-20)22-23-14/h2-5,10H,1,6-9H2. The third-order valence-electron chi connectivity index (χ3n) is 3.98. The van der Waals surface area contributed by atoms with E-state index in [0.29, 0.717) is 37.8 Å². The number of anilines is 2. The Labute approximate surface area is 142 Å². The summed E-state index contributed by atoms with van der Waals surface area (Å²) in [6.45, 7) is 2.42. The van der Waals surface area contributed by atoms with Crippen LogP contribution >= 0.6 is 0 Å². The zero-order valence-corrected chi connectivity index (χ0v) is 13.2. The van der Waals surface area contributed by atoms with Crippen molar-refractivity contribution in [2.24, 2.45) is 0 Å². The first-order valence-electron chi connectivity index (χ1n) is 7.74. The Morgan fingerprint density at radius 2 is 1.68 bits per heavy atom. The summed E-state index contributed by atoms with van der Waals surface area (Å²) >= 11 is 0. The summed E-state index contributed by atoms with van der Waals surface area (Å²) < 4.78 is 38.6. The SMILES string of the molecule is N#Cc1ccc(N2CCCN(c3cc(C(F)(F)F)ccn3)CC2)nn1. The maximum atomic E-state index is 12.9. The van der Waals surface area contributed by atoms with Crippen LogP contribution in [0.1, 0.15) is 17.7 Å². The molecule has 0 aliphatic carbocycles. The highest BCUT2D eigenvalue weighted by Crippen LogP contribution is 2.31. The molecule has 25 heavy (non-hydrogen) atoms. The highest BCUT2D eigenvalue weighted by molar-refractivity contribution is 5.44. The topological polar surface area (TPSA) is 68.9 Å². The predicted molar refractivity (Wildman–Crippen MR) is 85.0 cm³/mol. The smallest absolute Gasteiger partial charge is 0.355 e. The van der Waals surface area contributed by atoms with Crippen molar-refractivity contribution in [1.82, 2.24) is 15.2 Å². The van der Waals surface area contributed by atoms with Gasteiger partial charge in [-0.25, -0.2) is 4.98 Å². The molecule has 9 heteroatoms. The molecule has 0 saturated carbocycles. The number of hydrogen-bond acceptors (Lipinski definition) is 6. The summed E-state index contributed by atoms with van der Waals surface area (Å²) in [5.41, 5.74) is -0.454. The van der Waals surface area contributed by atoms with Crippen molar-refractivity contribution < 1.29 is 13.2 Å². The normalized spacial score (nSPS) is 15.6. The largest absolute Gasteiger partial charge is 0.416 e. The van der Waals surface area contributed by atoms with Crippen LogP contribution < -0.4 is 9.80 Å². The van der Waals surface area contributed by atoms with Gasteiger partial charge in [-0.05, 0) is 30.7 Å². The van der Waals surface area contributed by atoms with Gasteiger partial charge < -0.3 is 9.80 Å². The van der Waals surface area contributed by atoms with Gasteiger partial charge in [0.15, 0.2) is 11.5 Å². The maximum Gasteiger partial charge on any atom is 0.416 e. The Morgan fingerprint density at radius 3 is 2.28 bits per heavy atom. The second-order valence-electron chi connectivity index (χ2n) is 5.62. The molecule has 0 amide bonds. The van der Waals surface area contributed by atoms with Crippen molar-refractivity contribution in [3.05, 3.63) is 41.7 Å². The van der Waals surface area contributed by atoms with Gasteiger partial charge in [-0.15, -0.1) is 10.2 Å². The fourth-order valence-electron chi connectivity index (χ4n) is 2.70. The fourth-order valence-corrected chi connectivity index (χ4v) is 2.70. The summed E-state index contributed by atoms with van der Waals surface area (Å²) in [6, 6.07) is 7.29. The van der Waals surface area contributed by atoms with Crippen molar-refractivity contribution in [2.75, 3.05) is 36.0 Å². The van der Waals surface area contributed by atoms with Gasteiger partial charge in [0.05, 0.1) is 5.56 Å². The fraction of sp³-hybridized carbons (Fsp3) is 0.375. The monoisotopic (exact) mass is 348 g/mol. The number of rotatable bonds is 2. The van der Waals surface area contributed by atoms with E-state index in [1.165, 1.54) is 6.20 Å². The number of nitrogens with zero attached hydrogens (tertiary/aromatic N) is 6. The van der Waals surface area contributed by atoms with Crippen LogP contribution in [0.15, 0.2) is 30.5 Å². The minimum absolute atomic E-state index is 0.244. The van der Waals surface area contributed by atoms with Crippen molar-refractivity contribution in [2.45, 2.75) is 12.6 Å². The number of hydrogen-bond donors (Lipinski definition) is 0. The molecule has 0 aromatic carbocycles. The van der Waals surface area contributed by atoms with Crippen LogP contribution in [0.5, 0.6) is 0 Å².